The van der Waals surface area contributed by atoms with E-state index in [1.807, 2.05) is 43.3 Å². The molecule has 0 fully saturated rings. The van der Waals surface area contributed by atoms with Crippen LogP contribution >= 0.6 is 0 Å². The Morgan fingerprint density at radius 3 is 2.29 bits per heavy atom. The van der Waals surface area contributed by atoms with Crippen LogP contribution in [-0.2, 0) is 0 Å². The highest BCUT2D eigenvalue weighted by Gasteiger charge is 2.12. The van der Waals surface area contributed by atoms with Gasteiger partial charge in [-0.3, -0.25) is 0 Å². The largest absolute Gasteiger partial charge is 0.390 e. The third-order valence-electron chi connectivity index (χ3n) is 2.12. The second-order valence-corrected chi connectivity index (χ2v) is 3.48. The van der Waals surface area contributed by atoms with Crippen molar-refractivity contribution in [3.8, 4) is 0 Å². The van der Waals surface area contributed by atoms with Crippen molar-refractivity contribution in [2.24, 2.45) is 0 Å². The summed E-state index contributed by atoms with van der Waals surface area (Å²) in [7, 11) is 0. The maximum Gasteiger partial charge on any atom is 0.101 e. The average Bonchev–Trinajstić information content (AvgIpc) is 2.18. The van der Waals surface area contributed by atoms with Crippen molar-refractivity contribution in [2.75, 3.05) is 0 Å². The topological polar surface area (TPSA) is 40.5 Å². The third-order valence-corrected chi connectivity index (χ3v) is 2.12. The highest BCUT2D eigenvalue weighted by atomic mass is 16.3. The van der Waals surface area contributed by atoms with Crippen molar-refractivity contribution in [3.05, 3.63) is 41.5 Å². The van der Waals surface area contributed by atoms with Crippen LogP contribution in [0.25, 0.3) is 6.08 Å². The summed E-state index contributed by atoms with van der Waals surface area (Å²) < 4.78 is 0. The zero-order valence-electron chi connectivity index (χ0n) is 8.51. The molecule has 0 saturated carbocycles. The van der Waals surface area contributed by atoms with Crippen molar-refractivity contribution in [3.63, 3.8) is 0 Å². The molecule has 1 aromatic carbocycles. The Bertz CT molecular complexity index is 301. The van der Waals surface area contributed by atoms with Gasteiger partial charge in [-0.25, -0.2) is 0 Å². The van der Waals surface area contributed by atoms with Crippen molar-refractivity contribution >= 4 is 6.08 Å². The van der Waals surface area contributed by atoms with Crippen molar-refractivity contribution < 1.29 is 10.2 Å². The summed E-state index contributed by atoms with van der Waals surface area (Å²) in [5.74, 6) is 0. The van der Waals surface area contributed by atoms with E-state index in [9.17, 15) is 10.2 Å². The van der Waals surface area contributed by atoms with Gasteiger partial charge in [0.05, 0.1) is 6.10 Å². The minimum atomic E-state index is -0.782. The lowest BCUT2D eigenvalue weighted by Gasteiger charge is -2.14. The predicted octanol–water partition coefficient (Wildman–Crippen LogP) is 1.83. The Morgan fingerprint density at radius 2 is 1.79 bits per heavy atom. The smallest absolute Gasteiger partial charge is 0.101 e. The van der Waals surface area contributed by atoms with E-state index in [1.54, 1.807) is 6.92 Å². The van der Waals surface area contributed by atoms with Gasteiger partial charge in [-0.05, 0) is 25.0 Å². The molecule has 2 N–H and O–H groups in total. The first-order valence-electron chi connectivity index (χ1n) is 4.70. The van der Waals surface area contributed by atoms with Crippen LogP contribution in [0.4, 0.5) is 0 Å². The molecule has 0 bridgehead atoms. The van der Waals surface area contributed by atoms with E-state index in [1.165, 1.54) is 0 Å². The van der Waals surface area contributed by atoms with Crippen LogP contribution in [0.2, 0.25) is 0 Å². The molecule has 0 heterocycles. The first kappa shape index (κ1) is 11.0. The Balaban J connectivity index is 2.79. The Hall–Kier alpha value is -1.12. The van der Waals surface area contributed by atoms with Gasteiger partial charge in [0.2, 0.25) is 0 Å². The molecule has 2 unspecified atom stereocenters. The van der Waals surface area contributed by atoms with Gasteiger partial charge < -0.3 is 10.2 Å². The van der Waals surface area contributed by atoms with Crippen molar-refractivity contribution in [1.29, 1.82) is 0 Å². The summed E-state index contributed by atoms with van der Waals surface area (Å²) in [6, 6.07) is 9.73. The van der Waals surface area contributed by atoms with Crippen LogP contribution in [0, 0.1) is 0 Å². The zero-order valence-corrected chi connectivity index (χ0v) is 8.51. The minimum Gasteiger partial charge on any atom is -0.390 e. The number of aliphatic hydroxyl groups excluding tert-OH is 2. The SMILES string of the molecule is C/C(=C\c1ccccc1)C(O)C(C)O. The molecule has 0 aromatic heterocycles. The molecule has 2 heteroatoms. The first-order chi connectivity index (χ1) is 6.61. The van der Waals surface area contributed by atoms with Gasteiger partial charge in [0.1, 0.15) is 6.10 Å². The third kappa shape index (κ3) is 2.98. The molecule has 0 aliphatic carbocycles. The molecule has 0 aliphatic heterocycles. The van der Waals surface area contributed by atoms with Crippen LogP contribution in [-0.4, -0.2) is 22.4 Å². The van der Waals surface area contributed by atoms with E-state index >= 15 is 0 Å². The summed E-state index contributed by atoms with van der Waals surface area (Å²) in [6.07, 6.45) is 0.363. The molecule has 2 atom stereocenters. The summed E-state index contributed by atoms with van der Waals surface area (Å²) in [4.78, 5) is 0. The average molecular weight is 192 g/mol. The molecule has 0 spiro atoms. The monoisotopic (exact) mass is 192 g/mol. The lowest BCUT2D eigenvalue weighted by molar-refractivity contribution is 0.0553. The zero-order chi connectivity index (χ0) is 10.6. The summed E-state index contributed by atoms with van der Waals surface area (Å²) in [5, 5.41) is 18.7. The Morgan fingerprint density at radius 1 is 1.21 bits per heavy atom. The van der Waals surface area contributed by atoms with Gasteiger partial charge in [-0.15, -0.1) is 0 Å². The molecule has 76 valence electrons. The van der Waals surface area contributed by atoms with Crippen LogP contribution in [0.15, 0.2) is 35.9 Å². The van der Waals surface area contributed by atoms with E-state index in [-0.39, 0.29) is 0 Å². The molecular formula is C12H16O2. The summed E-state index contributed by atoms with van der Waals surface area (Å²) in [5.41, 5.74) is 1.80. The Kier molecular flexibility index (Phi) is 3.86. The number of hydrogen-bond donors (Lipinski definition) is 2. The van der Waals surface area contributed by atoms with Gasteiger partial charge in [-0.1, -0.05) is 36.4 Å². The second-order valence-electron chi connectivity index (χ2n) is 3.48. The highest BCUT2D eigenvalue weighted by Crippen LogP contribution is 2.11. The standard InChI is InChI=1S/C12H16O2/c1-9(12(14)10(2)13)8-11-6-4-3-5-7-11/h3-8,10,12-14H,1-2H3/b9-8+. The van der Waals surface area contributed by atoms with Gasteiger partial charge in [0, 0.05) is 0 Å². The lowest BCUT2D eigenvalue weighted by atomic mass is 10.0. The predicted molar refractivity (Wildman–Crippen MR) is 57.8 cm³/mol. The molecule has 14 heavy (non-hydrogen) atoms. The molecule has 1 aromatic rings. The van der Waals surface area contributed by atoms with E-state index in [2.05, 4.69) is 0 Å². The molecule has 0 radical (unpaired) electrons. The summed E-state index contributed by atoms with van der Waals surface area (Å²) in [6.45, 7) is 3.39. The fourth-order valence-corrected chi connectivity index (χ4v) is 1.28. The van der Waals surface area contributed by atoms with Crippen LogP contribution < -0.4 is 0 Å². The van der Waals surface area contributed by atoms with E-state index in [0.29, 0.717) is 0 Å². The molecule has 0 saturated heterocycles. The molecule has 2 nitrogen and oxygen atoms in total. The van der Waals surface area contributed by atoms with Gasteiger partial charge in [0.15, 0.2) is 0 Å². The van der Waals surface area contributed by atoms with Crippen LogP contribution in [0.5, 0.6) is 0 Å². The number of aliphatic hydroxyl groups is 2. The van der Waals surface area contributed by atoms with E-state index in [0.717, 1.165) is 11.1 Å². The maximum absolute atomic E-state index is 9.54. The van der Waals surface area contributed by atoms with Crippen LogP contribution in [0.3, 0.4) is 0 Å². The summed E-state index contributed by atoms with van der Waals surface area (Å²) >= 11 is 0. The first-order valence-corrected chi connectivity index (χ1v) is 4.70. The Labute approximate surface area is 84.5 Å². The van der Waals surface area contributed by atoms with Crippen molar-refractivity contribution in [2.45, 2.75) is 26.1 Å². The lowest BCUT2D eigenvalue weighted by Crippen LogP contribution is -2.23. The van der Waals surface area contributed by atoms with E-state index in [4.69, 9.17) is 0 Å². The molecule has 0 aliphatic rings. The van der Waals surface area contributed by atoms with E-state index < -0.39 is 12.2 Å². The fourth-order valence-electron chi connectivity index (χ4n) is 1.28. The molecular weight excluding hydrogens is 176 g/mol. The maximum atomic E-state index is 9.54. The normalized spacial score (nSPS) is 16.4. The highest BCUT2D eigenvalue weighted by molar-refractivity contribution is 5.53. The minimum absolute atomic E-state index is 0.727. The number of rotatable bonds is 3. The molecule has 1 rings (SSSR count). The second kappa shape index (κ2) is 4.94. The quantitative estimate of drug-likeness (QED) is 0.767. The van der Waals surface area contributed by atoms with Gasteiger partial charge in [0.25, 0.3) is 0 Å². The van der Waals surface area contributed by atoms with Gasteiger partial charge >= 0.3 is 0 Å². The van der Waals surface area contributed by atoms with Gasteiger partial charge in [-0.2, -0.15) is 0 Å². The van der Waals surface area contributed by atoms with Crippen LogP contribution in [0.1, 0.15) is 19.4 Å². The number of hydrogen-bond acceptors (Lipinski definition) is 2. The van der Waals surface area contributed by atoms with Crippen molar-refractivity contribution in [1.82, 2.24) is 0 Å². The fraction of sp³-hybridized carbons (Fsp3) is 0.333. The molecule has 0 amide bonds. The number of benzene rings is 1.